The molecule has 0 aliphatic heterocycles. The standard InChI is InChI=1S/C19H32N2/c1-5-11-21(14-16-9-10-16)15-18-8-6-7-17(12-18)13-20-19(2,3)4/h6-8,12,16,20H,5,9-11,13-15H2,1-4H3. The summed E-state index contributed by atoms with van der Waals surface area (Å²) in [7, 11) is 0. The number of rotatable bonds is 8. The van der Waals surface area contributed by atoms with Crippen LogP contribution in [0.3, 0.4) is 0 Å². The number of hydrogen-bond donors (Lipinski definition) is 1. The summed E-state index contributed by atoms with van der Waals surface area (Å²) >= 11 is 0. The van der Waals surface area contributed by atoms with Gasteiger partial charge in [0.25, 0.3) is 0 Å². The van der Waals surface area contributed by atoms with Gasteiger partial charge in [-0.3, -0.25) is 4.90 Å². The summed E-state index contributed by atoms with van der Waals surface area (Å²) in [6.45, 7) is 13.5. The van der Waals surface area contributed by atoms with Gasteiger partial charge in [-0.1, -0.05) is 31.2 Å². The quantitative estimate of drug-likeness (QED) is 0.771. The van der Waals surface area contributed by atoms with Crippen molar-refractivity contribution in [1.29, 1.82) is 0 Å². The third-order valence-electron chi connectivity index (χ3n) is 3.97. The zero-order valence-electron chi connectivity index (χ0n) is 14.3. The maximum absolute atomic E-state index is 3.57. The van der Waals surface area contributed by atoms with E-state index in [-0.39, 0.29) is 5.54 Å². The summed E-state index contributed by atoms with van der Waals surface area (Å²) < 4.78 is 0. The lowest BCUT2D eigenvalue weighted by atomic mass is 10.1. The Labute approximate surface area is 130 Å². The molecule has 2 rings (SSSR count). The highest BCUT2D eigenvalue weighted by molar-refractivity contribution is 5.23. The molecule has 0 spiro atoms. The number of benzene rings is 1. The van der Waals surface area contributed by atoms with Crippen LogP contribution in [0.15, 0.2) is 24.3 Å². The summed E-state index contributed by atoms with van der Waals surface area (Å²) in [6.07, 6.45) is 4.13. The van der Waals surface area contributed by atoms with Crippen LogP contribution >= 0.6 is 0 Å². The Balaban J connectivity index is 1.91. The Morgan fingerprint density at radius 2 is 1.90 bits per heavy atom. The minimum Gasteiger partial charge on any atom is -0.308 e. The molecule has 2 heteroatoms. The van der Waals surface area contributed by atoms with Gasteiger partial charge in [-0.15, -0.1) is 0 Å². The van der Waals surface area contributed by atoms with E-state index in [1.54, 1.807) is 0 Å². The zero-order chi connectivity index (χ0) is 15.3. The first kappa shape index (κ1) is 16.5. The van der Waals surface area contributed by atoms with Crippen molar-refractivity contribution in [2.24, 2.45) is 5.92 Å². The maximum atomic E-state index is 3.57. The fourth-order valence-electron chi connectivity index (χ4n) is 2.68. The Morgan fingerprint density at radius 3 is 2.52 bits per heavy atom. The average Bonchev–Trinajstić information content (AvgIpc) is 3.20. The second-order valence-corrected chi connectivity index (χ2v) is 7.60. The van der Waals surface area contributed by atoms with Gasteiger partial charge in [-0.05, 0) is 63.6 Å². The normalized spacial score (nSPS) is 15.7. The molecule has 0 unspecified atom stereocenters. The van der Waals surface area contributed by atoms with Crippen molar-refractivity contribution in [2.75, 3.05) is 13.1 Å². The van der Waals surface area contributed by atoms with E-state index < -0.39 is 0 Å². The summed E-state index contributed by atoms with van der Waals surface area (Å²) in [6, 6.07) is 9.08. The Morgan fingerprint density at radius 1 is 1.19 bits per heavy atom. The average molecular weight is 288 g/mol. The van der Waals surface area contributed by atoms with Crippen LogP contribution in [-0.4, -0.2) is 23.5 Å². The maximum Gasteiger partial charge on any atom is 0.0233 e. The Kier molecular flexibility index (Phi) is 5.83. The second-order valence-electron chi connectivity index (χ2n) is 7.60. The van der Waals surface area contributed by atoms with Gasteiger partial charge in [0.1, 0.15) is 0 Å². The van der Waals surface area contributed by atoms with E-state index in [9.17, 15) is 0 Å². The van der Waals surface area contributed by atoms with Gasteiger partial charge in [0.2, 0.25) is 0 Å². The first-order chi connectivity index (χ1) is 9.96. The van der Waals surface area contributed by atoms with Crippen molar-refractivity contribution in [3.63, 3.8) is 0 Å². The van der Waals surface area contributed by atoms with Crippen LogP contribution in [-0.2, 0) is 13.1 Å². The molecule has 1 aliphatic rings. The van der Waals surface area contributed by atoms with Gasteiger partial charge in [-0.2, -0.15) is 0 Å². The monoisotopic (exact) mass is 288 g/mol. The van der Waals surface area contributed by atoms with Gasteiger partial charge < -0.3 is 5.32 Å². The molecule has 1 aromatic carbocycles. The summed E-state index contributed by atoms with van der Waals surface area (Å²) in [5.74, 6) is 0.974. The SMILES string of the molecule is CCCN(Cc1cccc(CNC(C)(C)C)c1)CC1CC1. The van der Waals surface area contributed by atoms with Crippen LogP contribution in [0.25, 0.3) is 0 Å². The van der Waals surface area contributed by atoms with Crippen LogP contribution < -0.4 is 5.32 Å². The predicted molar refractivity (Wildman–Crippen MR) is 91.3 cm³/mol. The fourth-order valence-corrected chi connectivity index (χ4v) is 2.68. The highest BCUT2D eigenvalue weighted by atomic mass is 15.1. The van der Waals surface area contributed by atoms with E-state index in [2.05, 4.69) is 62.2 Å². The molecule has 0 amide bonds. The predicted octanol–water partition coefficient (Wildman–Crippen LogP) is 4.20. The van der Waals surface area contributed by atoms with Crippen molar-refractivity contribution in [1.82, 2.24) is 10.2 Å². The van der Waals surface area contributed by atoms with E-state index >= 15 is 0 Å². The van der Waals surface area contributed by atoms with E-state index in [0.29, 0.717) is 0 Å². The molecule has 1 fully saturated rings. The Bertz CT molecular complexity index is 429. The van der Waals surface area contributed by atoms with E-state index in [1.807, 2.05) is 0 Å². The molecule has 1 N–H and O–H groups in total. The lowest BCUT2D eigenvalue weighted by Crippen LogP contribution is -2.35. The number of nitrogens with one attached hydrogen (secondary N) is 1. The third-order valence-corrected chi connectivity index (χ3v) is 3.97. The van der Waals surface area contributed by atoms with Gasteiger partial charge in [0.15, 0.2) is 0 Å². The minimum absolute atomic E-state index is 0.177. The minimum atomic E-state index is 0.177. The molecule has 0 atom stereocenters. The van der Waals surface area contributed by atoms with Crippen LogP contribution in [0.2, 0.25) is 0 Å². The first-order valence-electron chi connectivity index (χ1n) is 8.51. The van der Waals surface area contributed by atoms with Crippen LogP contribution in [0.1, 0.15) is 58.1 Å². The van der Waals surface area contributed by atoms with Crippen LogP contribution in [0.4, 0.5) is 0 Å². The van der Waals surface area contributed by atoms with Crippen molar-refractivity contribution in [3.8, 4) is 0 Å². The fraction of sp³-hybridized carbons (Fsp3) is 0.684. The van der Waals surface area contributed by atoms with Crippen molar-refractivity contribution in [2.45, 2.75) is 65.6 Å². The molecule has 1 aliphatic carbocycles. The lowest BCUT2D eigenvalue weighted by Gasteiger charge is -2.23. The summed E-state index contributed by atoms with van der Waals surface area (Å²) in [4.78, 5) is 2.63. The van der Waals surface area contributed by atoms with Crippen molar-refractivity contribution >= 4 is 0 Å². The zero-order valence-corrected chi connectivity index (χ0v) is 14.3. The molecule has 0 radical (unpaired) electrons. The molecule has 21 heavy (non-hydrogen) atoms. The van der Waals surface area contributed by atoms with Crippen molar-refractivity contribution < 1.29 is 0 Å². The highest BCUT2D eigenvalue weighted by Crippen LogP contribution is 2.30. The highest BCUT2D eigenvalue weighted by Gasteiger charge is 2.23. The third kappa shape index (κ3) is 6.62. The lowest BCUT2D eigenvalue weighted by molar-refractivity contribution is 0.255. The van der Waals surface area contributed by atoms with Gasteiger partial charge in [-0.25, -0.2) is 0 Å². The van der Waals surface area contributed by atoms with Crippen LogP contribution in [0, 0.1) is 5.92 Å². The van der Waals surface area contributed by atoms with Gasteiger partial charge >= 0.3 is 0 Å². The topological polar surface area (TPSA) is 15.3 Å². The number of hydrogen-bond acceptors (Lipinski definition) is 2. The van der Waals surface area contributed by atoms with Gasteiger partial charge in [0.05, 0.1) is 0 Å². The smallest absolute Gasteiger partial charge is 0.0233 e. The second kappa shape index (κ2) is 7.42. The molecule has 0 saturated heterocycles. The van der Waals surface area contributed by atoms with Gasteiger partial charge in [0, 0.05) is 25.2 Å². The largest absolute Gasteiger partial charge is 0.308 e. The van der Waals surface area contributed by atoms with E-state index in [1.165, 1.54) is 43.5 Å². The van der Waals surface area contributed by atoms with Crippen molar-refractivity contribution in [3.05, 3.63) is 35.4 Å². The molecule has 118 valence electrons. The molecule has 1 saturated carbocycles. The molecule has 0 heterocycles. The molecule has 0 aromatic heterocycles. The number of nitrogens with zero attached hydrogens (tertiary/aromatic N) is 1. The van der Waals surface area contributed by atoms with E-state index in [4.69, 9.17) is 0 Å². The molecular weight excluding hydrogens is 256 g/mol. The molecule has 2 nitrogen and oxygen atoms in total. The molecular formula is C19H32N2. The van der Waals surface area contributed by atoms with E-state index in [0.717, 1.165) is 19.0 Å². The Hall–Kier alpha value is -0.860. The molecule has 1 aromatic rings. The molecule has 0 bridgehead atoms. The first-order valence-corrected chi connectivity index (χ1v) is 8.51. The van der Waals surface area contributed by atoms with Crippen LogP contribution in [0.5, 0.6) is 0 Å². The summed E-state index contributed by atoms with van der Waals surface area (Å²) in [5, 5.41) is 3.57. The summed E-state index contributed by atoms with van der Waals surface area (Å²) in [5.41, 5.74) is 3.03.